The minimum absolute atomic E-state index is 0.0310. The fraction of sp³-hybridized carbons (Fsp3) is 0.484. The molecule has 0 bridgehead atoms. The van der Waals surface area contributed by atoms with Crippen LogP contribution in [0.5, 0.6) is 5.75 Å². The average molecular weight is 1170 g/mol. The average Bonchev–Trinajstić information content (AvgIpc) is 1.59. The molecule has 4 amide bonds. The van der Waals surface area contributed by atoms with Gasteiger partial charge in [-0.2, -0.15) is 5.10 Å². The van der Waals surface area contributed by atoms with Crippen molar-refractivity contribution >= 4 is 61.9 Å². The highest BCUT2D eigenvalue weighted by Crippen LogP contribution is 2.41. The summed E-state index contributed by atoms with van der Waals surface area (Å²) in [5.41, 5.74) is 6.12. The molecule has 3 aromatic carbocycles. The fourth-order valence-corrected chi connectivity index (χ4v) is 12.8. The molecule has 2 fully saturated rings. The number of nitrogens with one attached hydrogen (secondary N) is 2. The van der Waals surface area contributed by atoms with Gasteiger partial charge in [-0.15, -0.1) is 0 Å². The summed E-state index contributed by atoms with van der Waals surface area (Å²) in [7, 11) is -3.87. The summed E-state index contributed by atoms with van der Waals surface area (Å²) in [4.78, 5) is 82.1. The quantitative estimate of drug-likeness (QED) is 0.0925. The second kappa shape index (κ2) is 23.1. The van der Waals surface area contributed by atoms with Crippen LogP contribution in [-0.2, 0) is 37.7 Å². The number of pyridine rings is 1. The topological polar surface area (TPSA) is 220 Å². The number of hydrogen-bond donors (Lipinski definition) is 2. The molecule has 4 aliphatic rings. The van der Waals surface area contributed by atoms with Crippen molar-refractivity contribution in [3.8, 4) is 5.75 Å². The van der Waals surface area contributed by atoms with Crippen LogP contribution in [0.1, 0.15) is 123 Å². The molecule has 0 aliphatic carbocycles. The van der Waals surface area contributed by atoms with E-state index >= 15 is 0 Å². The number of hydrogen-bond acceptors (Lipinski definition) is 15. The lowest BCUT2D eigenvalue weighted by Gasteiger charge is -2.46. The van der Waals surface area contributed by atoms with E-state index < -0.39 is 37.7 Å². The molecule has 4 aliphatic heterocycles. The second-order valence-corrected chi connectivity index (χ2v) is 28.1. The van der Waals surface area contributed by atoms with E-state index in [0.717, 1.165) is 39.3 Å². The molecular formula is C62H77FN12O8S. The van der Waals surface area contributed by atoms with Crippen LogP contribution in [0.15, 0.2) is 78.1 Å². The van der Waals surface area contributed by atoms with E-state index in [9.17, 15) is 32.0 Å². The molecule has 20 nitrogen and oxygen atoms in total. The van der Waals surface area contributed by atoms with Crippen molar-refractivity contribution in [3.05, 3.63) is 124 Å². The number of carbonyl (C=O) groups is 4. The van der Waals surface area contributed by atoms with Crippen molar-refractivity contribution in [2.45, 2.75) is 128 Å². The first-order valence-corrected chi connectivity index (χ1v) is 30.3. The zero-order valence-electron chi connectivity index (χ0n) is 50.0. The van der Waals surface area contributed by atoms with Gasteiger partial charge in [0.2, 0.25) is 5.91 Å². The van der Waals surface area contributed by atoms with E-state index in [-0.39, 0.29) is 66.5 Å². The normalized spacial score (nSPS) is 18.5. The summed E-state index contributed by atoms with van der Waals surface area (Å²) in [5, 5.41) is 11.0. The van der Waals surface area contributed by atoms with Crippen LogP contribution in [-0.4, -0.2) is 176 Å². The molecule has 3 aromatic heterocycles. The number of carbonyl (C=O) groups excluding carboxylic acids is 4. The number of sulfone groups is 1. The minimum atomic E-state index is -3.87. The van der Waals surface area contributed by atoms with Crippen LogP contribution in [0, 0.1) is 19.7 Å². The lowest BCUT2D eigenvalue weighted by atomic mass is 9.91. The Hall–Kier alpha value is -7.56. The number of aryl methyl sites for hydroxylation is 1. The lowest BCUT2D eigenvalue weighted by molar-refractivity contribution is -0.121. The number of amides is 4. The molecule has 0 spiro atoms. The number of nitrogens with zero attached hydrogens (tertiary/aromatic N) is 10. The van der Waals surface area contributed by atoms with Crippen LogP contribution < -0.4 is 15.0 Å². The number of halogens is 1. The van der Waals surface area contributed by atoms with Crippen LogP contribution in [0.25, 0.3) is 10.9 Å². The van der Waals surface area contributed by atoms with Gasteiger partial charge in [0.15, 0.2) is 9.84 Å². The Morgan fingerprint density at radius 1 is 0.905 bits per heavy atom. The first kappa shape index (κ1) is 59.6. The SMILES string of the molecule is Cc1n[nH]c(Nc2ncnc3cc(OCCCN4CCN(C(=O)c5ccc6c(c5)C(=O)N(CC5CN(C(=O)OC(C)(C)C)C(C)CN5CC(=O)N5CC(C)(C)c7ncc(Cc8ccc(F)cc8)cc75)C6)CC4)c(S(=O)(=O)C(C)(C)C)cc23)c1C. The summed E-state index contributed by atoms with van der Waals surface area (Å²) in [6.07, 6.45) is 3.89. The third-order valence-corrected chi connectivity index (χ3v) is 19.0. The number of piperazine rings is 2. The highest BCUT2D eigenvalue weighted by molar-refractivity contribution is 7.92. The van der Waals surface area contributed by atoms with Crippen molar-refractivity contribution in [2.24, 2.45) is 0 Å². The summed E-state index contributed by atoms with van der Waals surface area (Å²) < 4.78 is 52.8. The van der Waals surface area contributed by atoms with Crippen molar-refractivity contribution in [1.82, 2.24) is 49.6 Å². The standard InChI is InChI=1S/C62H77FN12O8S/c1-38-31-72(35-53(76)75-36-62(10,11)54-50(75)26-42(30-64-54)25-41-13-17-45(63)18-14-41)46(34-74(38)59(79)83-60(4,5)6)33-73-32-44-16-15-43(27-47(44)58(73)78)57(77)71-22-20-70(21-23-71)19-12-24-82-51-29-49-48(28-52(51)84(80,81)61(7,8)9)56(66-37-65-49)67-55-39(2)40(3)68-69-55/h13-18,26-30,37-38,46H,12,19-25,31-36H2,1-11H3,(H2,65,66,67,68,69). The number of anilines is 3. The Morgan fingerprint density at radius 3 is 2.33 bits per heavy atom. The van der Waals surface area contributed by atoms with Gasteiger partial charge < -0.3 is 34.4 Å². The third kappa shape index (κ3) is 12.5. The number of ether oxygens (including phenoxy) is 2. The van der Waals surface area contributed by atoms with Crippen molar-refractivity contribution in [1.29, 1.82) is 0 Å². The molecule has 446 valence electrons. The number of benzene rings is 3. The van der Waals surface area contributed by atoms with Gasteiger partial charge in [0.1, 0.15) is 40.0 Å². The van der Waals surface area contributed by atoms with Crippen LogP contribution in [0.2, 0.25) is 0 Å². The van der Waals surface area contributed by atoms with E-state index in [0.29, 0.717) is 98.9 Å². The predicted molar refractivity (Wildman–Crippen MR) is 318 cm³/mol. The maximum Gasteiger partial charge on any atom is 0.410 e. The van der Waals surface area contributed by atoms with E-state index in [4.69, 9.17) is 14.5 Å². The largest absolute Gasteiger partial charge is 0.492 e. The van der Waals surface area contributed by atoms with Crippen molar-refractivity contribution in [2.75, 3.05) is 82.3 Å². The molecule has 2 atom stereocenters. The Bertz CT molecular complexity index is 3630. The van der Waals surface area contributed by atoms with E-state index in [1.54, 1.807) is 76.8 Å². The highest BCUT2D eigenvalue weighted by atomic mass is 32.2. The molecule has 0 saturated carbocycles. The smallest absolute Gasteiger partial charge is 0.410 e. The molecule has 6 aromatic rings. The number of H-pyrrole nitrogens is 1. The van der Waals surface area contributed by atoms with Crippen LogP contribution >= 0.6 is 0 Å². The number of fused-ring (bicyclic) bond motifs is 3. The van der Waals surface area contributed by atoms with Gasteiger partial charge in [-0.3, -0.25) is 34.3 Å². The van der Waals surface area contributed by atoms with Gasteiger partial charge in [0.05, 0.1) is 40.5 Å². The molecule has 0 radical (unpaired) electrons. The summed E-state index contributed by atoms with van der Waals surface area (Å²) in [5.74, 6) is 0.455. The zero-order valence-corrected chi connectivity index (χ0v) is 50.8. The van der Waals surface area contributed by atoms with Crippen molar-refractivity contribution in [3.63, 3.8) is 0 Å². The molecule has 2 N–H and O–H groups in total. The van der Waals surface area contributed by atoms with Gasteiger partial charge >= 0.3 is 6.09 Å². The van der Waals surface area contributed by atoms with Crippen molar-refractivity contribution < 1.29 is 41.5 Å². The van der Waals surface area contributed by atoms with Gasteiger partial charge in [0, 0.05) is 117 Å². The zero-order chi connectivity index (χ0) is 60.2. The van der Waals surface area contributed by atoms with Gasteiger partial charge in [0.25, 0.3) is 11.8 Å². The Kier molecular flexibility index (Phi) is 16.4. The fourth-order valence-electron chi connectivity index (χ4n) is 11.5. The summed E-state index contributed by atoms with van der Waals surface area (Å²) in [6.45, 7) is 24.9. The first-order valence-electron chi connectivity index (χ1n) is 28.8. The van der Waals surface area contributed by atoms with Gasteiger partial charge in [-0.05, 0) is 128 Å². The van der Waals surface area contributed by atoms with Gasteiger partial charge in [-0.1, -0.05) is 32.0 Å². The Labute approximate surface area is 491 Å². The minimum Gasteiger partial charge on any atom is -0.492 e. The highest BCUT2D eigenvalue weighted by Gasteiger charge is 2.44. The predicted octanol–water partition coefficient (Wildman–Crippen LogP) is 8.23. The molecular weight excluding hydrogens is 1090 g/mol. The molecule has 22 heteroatoms. The second-order valence-electron chi connectivity index (χ2n) is 25.4. The summed E-state index contributed by atoms with van der Waals surface area (Å²) >= 11 is 0. The Balaban J connectivity index is 0.770. The molecule has 84 heavy (non-hydrogen) atoms. The first-order chi connectivity index (χ1) is 39.6. The molecule has 10 rings (SSSR count). The Morgan fingerprint density at radius 2 is 1.64 bits per heavy atom. The number of aromatic nitrogens is 5. The maximum atomic E-state index is 14.7. The van der Waals surface area contributed by atoms with Gasteiger partial charge in [-0.25, -0.2) is 27.6 Å². The van der Waals surface area contributed by atoms with Crippen LogP contribution in [0.3, 0.4) is 0 Å². The number of rotatable bonds is 15. The number of aromatic amines is 1. The molecule has 2 unspecified atom stereocenters. The van der Waals surface area contributed by atoms with Crippen LogP contribution in [0.4, 0.5) is 26.5 Å². The van der Waals surface area contributed by atoms with E-state index in [1.807, 2.05) is 59.9 Å². The third-order valence-electron chi connectivity index (χ3n) is 16.4. The monoisotopic (exact) mass is 1170 g/mol. The maximum absolute atomic E-state index is 14.7. The molecule has 2 saturated heterocycles. The summed E-state index contributed by atoms with van der Waals surface area (Å²) in [6, 6.07) is 16.2. The lowest BCUT2D eigenvalue weighted by Crippen LogP contribution is -2.63. The molecule has 7 heterocycles. The van der Waals surface area contributed by atoms with E-state index in [1.165, 1.54) is 18.5 Å². The van der Waals surface area contributed by atoms with E-state index in [2.05, 4.69) is 49.1 Å².